The Bertz CT molecular complexity index is 2720. The molecule has 58 heavy (non-hydrogen) atoms. The Balaban J connectivity index is 1.29. The fraction of sp³-hybridized carbons (Fsp3) is 0.214. The SMILES string of the molecule is [B]c1c2cc(-c3ccccc3)cc1N(Cc1ccc(CCCC)cc1-c1ccccc1)c1c(ccc3c1C(C)(C)c1ccccc1-3)-c1ccc(C3=CCCCC3)cc1-2. The Morgan fingerprint density at radius 2 is 1.31 bits per heavy atom. The minimum atomic E-state index is -0.247. The van der Waals surface area contributed by atoms with E-state index in [1.165, 1.54) is 115 Å². The standard InChI is InChI=1S/C56H50BN/c1-4-5-17-37-26-27-42(48(32-37)40-22-13-8-14-23-40)36-58-52-35-43(39-20-11-7-12-21-39)34-50(54(52)57)49-33-41(38-18-9-6-10-19-38)28-29-44(49)47-31-30-46-45-24-15-16-25-51(45)56(2,3)53(46)55(47)58/h7-8,11-16,18,20-35H,4-6,9-10,17,19,36H2,1-3H3. The van der Waals surface area contributed by atoms with E-state index in [2.05, 4.69) is 177 Å². The average molecular weight is 748 g/mol. The minimum absolute atomic E-state index is 0.247. The Kier molecular flexibility index (Phi) is 9.32. The van der Waals surface area contributed by atoms with Gasteiger partial charge in [0.2, 0.25) is 0 Å². The van der Waals surface area contributed by atoms with Crippen LogP contribution in [-0.4, -0.2) is 7.85 Å². The Morgan fingerprint density at radius 1 is 0.586 bits per heavy atom. The van der Waals surface area contributed by atoms with E-state index in [1.54, 1.807) is 0 Å². The van der Waals surface area contributed by atoms with Gasteiger partial charge in [-0.3, -0.25) is 0 Å². The maximum atomic E-state index is 7.67. The van der Waals surface area contributed by atoms with Crippen LogP contribution in [0.15, 0.2) is 152 Å². The van der Waals surface area contributed by atoms with Crippen molar-refractivity contribution in [3.63, 3.8) is 0 Å². The molecule has 2 bridgehead atoms. The summed E-state index contributed by atoms with van der Waals surface area (Å²) < 4.78 is 0. The lowest BCUT2D eigenvalue weighted by Gasteiger charge is -2.38. The van der Waals surface area contributed by atoms with E-state index in [9.17, 15) is 0 Å². The molecule has 2 aliphatic carbocycles. The summed E-state index contributed by atoms with van der Waals surface area (Å²) in [6, 6.07) is 54.8. The topological polar surface area (TPSA) is 3.24 Å². The van der Waals surface area contributed by atoms with Crippen molar-refractivity contribution < 1.29 is 0 Å². The largest absolute Gasteiger partial charge is 0.337 e. The van der Waals surface area contributed by atoms with Crippen LogP contribution in [0.4, 0.5) is 11.4 Å². The molecule has 0 spiro atoms. The molecule has 2 heteroatoms. The highest BCUT2D eigenvalue weighted by molar-refractivity contribution is 6.40. The molecule has 7 aromatic carbocycles. The van der Waals surface area contributed by atoms with Crippen LogP contribution in [0, 0.1) is 0 Å². The molecular weight excluding hydrogens is 697 g/mol. The smallest absolute Gasteiger partial charge is 0.117 e. The Morgan fingerprint density at radius 3 is 2.09 bits per heavy atom. The zero-order valence-corrected chi connectivity index (χ0v) is 34.1. The first-order valence-corrected chi connectivity index (χ1v) is 21.5. The summed E-state index contributed by atoms with van der Waals surface area (Å²) in [6.45, 7) is 7.78. The van der Waals surface area contributed by atoms with Crippen molar-refractivity contribution >= 4 is 30.3 Å². The van der Waals surface area contributed by atoms with Crippen LogP contribution in [0.3, 0.4) is 0 Å². The third-order valence-corrected chi connectivity index (χ3v) is 13.2. The van der Waals surface area contributed by atoms with Gasteiger partial charge in [-0.15, -0.1) is 0 Å². The highest BCUT2D eigenvalue weighted by Gasteiger charge is 2.41. The van der Waals surface area contributed by atoms with Crippen LogP contribution in [0.5, 0.6) is 0 Å². The molecule has 10 rings (SSSR count). The van der Waals surface area contributed by atoms with E-state index >= 15 is 0 Å². The second-order valence-corrected chi connectivity index (χ2v) is 17.2. The van der Waals surface area contributed by atoms with E-state index in [-0.39, 0.29) is 5.41 Å². The minimum Gasteiger partial charge on any atom is -0.337 e. The summed E-state index contributed by atoms with van der Waals surface area (Å²) in [5, 5.41) is 0. The van der Waals surface area contributed by atoms with Gasteiger partial charge in [0.15, 0.2) is 0 Å². The zero-order chi connectivity index (χ0) is 39.4. The molecule has 0 N–H and O–H groups in total. The summed E-state index contributed by atoms with van der Waals surface area (Å²) in [5.41, 5.74) is 23.4. The van der Waals surface area contributed by atoms with Gasteiger partial charge in [0.1, 0.15) is 7.85 Å². The third kappa shape index (κ3) is 6.17. The van der Waals surface area contributed by atoms with Crippen molar-refractivity contribution in [2.45, 2.75) is 77.7 Å². The van der Waals surface area contributed by atoms with Crippen molar-refractivity contribution in [3.05, 3.63) is 179 Å². The lowest BCUT2D eigenvalue weighted by molar-refractivity contribution is 0.658. The van der Waals surface area contributed by atoms with E-state index in [4.69, 9.17) is 7.85 Å². The van der Waals surface area contributed by atoms with E-state index < -0.39 is 0 Å². The van der Waals surface area contributed by atoms with Gasteiger partial charge in [-0.05, 0) is 140 Å². The van der Waals surface area contributed by atoms with Crippen molar-refractivity contribution in [1.29, 1.82) is 0 Å². The molecule has 1 nitrogen and oxygen atoms in total. The molecule has 282 valence electrons. The van der Waals surface area contributed by atoms with Gasteiger partial charge in [0.05, 0.1) is 5.69 Å². The van der Waals surface area contributed by atoms with Crippen LogP contribution >= 0.6 is 0 Å². The first kappa shape index (κ1) is 36.5. The highest BCUT2D eigenvalue weighted by Crippen LogP contribution is 2.57. The van der Waals surface area contributed by atoms with Crippen molar-refractivity contribution in [1.82, 2.24) is 0 Å². The van der Waals surface area contributed by atoms with Crippen LogP contribution < -0.4 is 10.4 Å². The Hall–Kier alpha value is -5.86. The highest BCUT2D eigenvalue weighted by atomic mass is 15.1. The van der Waals surface area contributed by atoms with Crippen LogP contribution in [0.25, 0.3) is 61.2 Å². The molecule has 0 saturated carbocycles. The Labute approximate surface area is 346 Å². The van der Waals surface area contributed by atoms with E-state index in [0.29, 0.717) is 6.54 Å². The van der Waals surface area contributed by atoms with Crippen molar-refractivity contribution in [2.24, 2.45) is 0 Å². The summed E-state index contributed by atoms with van der Waals surface area (Å²) in [4.78, 5) is 2.60. The number of aryl methyl sites for hydroxylation is 1. The predicted octanol–water partition coefficient (Wildman–Crippen LogP) is 14.4. The van der Waals surface area contributed by atoms with Crippen LogP contribution in [0.2, 0.25) is 0 Å². The second kappa shape index (κ2) is 14.8. The maximum absolute atomic E-state index is 7.67. The van der Waals surface area contributed by atoms with E-state index in [1.807, 2.05) is 0 Å². The van der Waals surface area contributed by atoms with E-state index in [0.717, 1.165) is 36.0 Å². The number of hydrogen-bond donors (Lipinski definition) is 0. The quantitative estimate of drug-likeness (QED) is 0.140. The normalized spacial score (nSPS) is 14.7. The number of allylic oxidation sites excluding steroid dienone is 2. The molecule has 0 atom stereocenters. The molecule has 1 aliphatic heterocycles. The number of unbranched alkanes of at least 4 members (excludes halogenated alkanes) is 1. The number of hydrogen-bond acceptors (Lipinski definition) is 1. The molecule has 0 saturated heterocycles. The number of rotatable bonds is 8. The average Bonchev–Trinajstić information content (AvgIpc) is 3.51. The molecule has 0 fully saturated rings. The first-order valence-electron chi connectivity index (χ1n) is 21.5. The summed E-state index contributed by atoms with van der Waals surface area (Å²) in [6.07, 6.45) is 10.7. The monoisotopic (exact) mass is 747 g/mol. The fourth-order valence-electron chi connectivity index (χ4n) is 10.2. The summed E-state index contributed by atoms with van der Waals surface area (Å²) in [5.74, 6) is 0. The van der Waals surface area contributed by atoms with Crippen LogP contribution in [0.1, 0.15) is 87.1 Å². The maximum Gasteiger partial charge on any atom is 0.117 e. The fourth-order valence-corrected chi connectivity index (χ4v) is 10.2. The van der Waals surface area contributed by atoms with Gasteiger partial charge in [-0.2, -0.15) is 0 Å². The van der Waals surface area contributed by atoms with Gasteiger partial charge in [0.25, 0.3) is 0 Å². The lowest BCUT2D eigenvalue weighted by Crippen LogP contribution is -2.30. The third-order valence-electron chi connectivity index (χ3n) is 13.2. The van der Waals surface area contributed by atoms with Gasteiger partial charge in [0, 0.05) is 23.2 Å². The number of anilines is 2. The molecule has 0 unspecified atom stereocenters. The predicted molar refractivity (Wildman–Crippen MR) is 248 cm³/mol. The molecule has 2 radical (unpaired) electrons. The van der Waals surface area contributed by atoms with Crippen molar-refractivity contribution in [3.8, 4) is 55.6 Å². The molecule has 7 aromatic rings. The molecule has 0 amide bonds. The molecular formula is C56H50BN. The van der Waals surface area contributed by atoms with Gasteiger partial charge >= 0.3 is 0 Å². The van der Waals surface area contributed by atoms with Gasteiger partial charge in [-0.25, -0.2) is 0 Å². The lowest BCUT2D eigenvalue weighted by atomic mass is 9.75. The molecule has 1 heterocycles. The number of nitrogens with zero attached hydrogens (tertiary/aromatic N) is 1. The van der Waals surface area contributed by atoms with Gasteiger partial charge < -0.3 is 4.90 Å². The number of benzene rings is 7. The first-order chi connectivity index (χ1) is 28.4. The number of fused-ring (bicyclic) bond motifs is 10. The molecule has 3 aliphatic rings. The second-order valence-electron chi connectivity index (χ2n) is 17.2. The van der Waals surface area contributed by atoms with Crippen LogP contribution in [-0.2, 0) is 18.4 Å². The summed E-state index contributed by atoms with van der Waals surface area (Å²) in [7, 11) is 7.67. The zero-order valence-electron chi connectivity index (χ0n) is 34.1. The van der Waals surface area contributed by atoms with Crippen molar-refractivity contribution in [2.75, 3.05) is 4.90 Å². The molecule has 0 aromatic heterocycles. The summed E-state index contributed by atoms with van der Waals surface area (Å²) >= 11 is 0. The van der Waals surface area contributed by atoms with Gasteiger partial charge in [-0.1, -0.05) is 166 Å².